The molecule has 1 aromatic heterocycles. The molecule has 0 radical (unpaired) electrons. The Morgan fingerprint density at radius 3 is 2.75 bits per heavy atom. The zero-order valence-electron chi connectivity index (χ0n) is 7.63. The van der Waals surface area contributed by atoms with Crippen molar-refractivity contribution < 1.29 is 0 Å². The van der Waals surface area contributed by atoms with Gasteiger partial charge in [0.2, 0.25) is 0 Å². The maximum atomic E-state index is 4.39. The summed E-state index contributed by atoms with van der Waals surface area (Å²) in [6.07, 6.45) is 2.04. The second-order valence-corrected chi connectivity index (χ2v) is 3.25. The maximum absolute atomic E-state index is 4.39. The van der Waals surface area contributed by atoms with Gasteiger partial charge in [-0.1, -0.05) is 12.1 Å². The third kappa shape index (κ3) is 0.916. The number of hydrogen-bond acceptors (Lipinski definition) is 1. The van der Waals surface area contributed by atoms with Gasteiger partial charge >= 0.3 is 0 Å². The molecule has 0 atom stereocenters. The van der Waals surface area contributed by atoms with E-state index in [1.807, 2.05) is 17.9 Å². The molecular formula is C10H12N2. The minimum atomic E-state index is 1.12. The van der Waals surface area contributed by atoms with E-state index in [2.05, 4.69) is 31.1 Å². The van der Waals surface area contributed by atoms with Crippen LogP contribution in [0.25, 0.3) is 10.9 Å². The molecule has 2 aromatic rings. The van der Waals surface area contributed by atoms with E-state index in [9.17, 15) is 0 Å². The van der Waals surface area contributed by atoms with Gasteiger partial charge in [0.15, 0.2) is 0 Å². The van der Waals surface area contributed by atoms with Gasteiger partial charge in [-0.3, -0.25) is 4.68 Å². The Balaban J connectivity index is 2.89. The molecule has 0 spiro atoms. The van der Waals surface area contributed by atoms with Gasteiger partial charge in [-0.2, -0.15) is 5.10 Å². The second kappa shape index (κ2) is 2.34. The minimum Gasteiger partial charge on any atom is -0.275 e. The van der Waals surface area contributed by atoms with Crippen molar-refractivity contribution >= 4 is 10.9 Å². The van der Waals surface area contributed by atoms with Crippen LogP contribution < -0.4 is 0 Å². The first-order chi connectivity index (χ1) is 5.68. The van der Waals surface area contributed by atoms with Crippen molar-refractivity contribution in [3.8, 4) is 0 Å². The summed E-state index contributed by atoms with van der Waals surface area (Å²) in [6, 6.07) is 4.25. The van der Waals surface area contributed by atoms with Crippen molar-refractivity contribution in [3.63, 3.8) is 0 Å². The lowest BCUT2D eigenvalue weighted by Gasteiger charge is -1.97. The SMILES string of the molecule is Cc1ccc2cn(C)nc2c1C. The quantitative estimate of drug-likeness (QED) is 0.577. The topological polar surface area (TPSA) is 17.8 Å². The van der Waals surface area contributed by atoms with Gasteiger partial charge in [0.05, 0.1) is 5.52 Å². The van der Waals surface area contributed by atoms with Crippen molar-refractivity contribution in [1.82, 2.24) is 9.78 Å². The Hall–Kier alpha value is -1.31. The molecule has 0 saturated carbocycles. The third-order valence-corrected chi connectivity index (χ3v) is 2.32. The largest absolute Gasteiger partial charge is 0.275 e. The lowest BCUT2D eigenvalue weighted by Crippen LogP contribution is -1.87. The molecule has 12 heavy (non-hydrogen) atoms. The first-order valence-corrected chi connectivity index (χ1v) is 4.08. The molecule has 0 aliphatic carbocycles. The van der Waals surface area contributed by atoms with Gasteiger partial charge in [-0.15, -0.1) is 0 Å². The number of aromatic nitrogens is 2. The third-order valence-electron chi connectivity index (χ3n) is 2.32. The molecule has 0 N–H and O–H groups in total. The van der Waals surface area contributed by atoms with Gasteiger partial charge in [-0.05, 0) is 25.0 Å². The normalized spacial score (nSPS) is 10.9. The van der Waals surface area contributed by atoms with E-state index in [1.54, 1.807) is 0 Å². The highest BCUT2D eigenvalue weighted by Gasteiger charge is 2.02. The smallest absolute Gasteiger partial charge is 0.0954 e. The fraction of sp³-hybridized carbons (Fsp3) is 0.300. The molecule has 62 valence electrons. The molecule has 0 bridgehead atoms. The predicted molar refractivity (Wildman–Crippen MR) is 50.2 cm³/mol. The Morgan fingerprint density at radius 1 is 1.25 bits per heavy atom. The van der Waals surface area contributed by atoms with Crippen LogP contribution in [0.1, 0.15) is 11.1 Å². The van der Waals surface area contributed by atoms with Crippen LogP contribution in [0.4, 0.5) is 0 Å². The van der Waals surface area contributed by atoms with Crippen LogP contribution in [0, 0.1) is 13.8 Å². The molecule has 0 aliphatic rings. The molecule has 0 aliphatic heterocycles. The fourth-order valence-electron chi connectivity index (χ4n) is 1.45. The van der Waals surface area contributed by atoms with Crippen molar-refractivity contribution in [2.45, 2.75) is 13.8 Å². The summed E-state index contributed by atoms with van der Waals surface area (Å²) < 4.78 is 1.86. The van der Waals surface area contributed by atoms with E-state index in [-0.39, 0.29) is 0 Å². The average Bonchev–Trinajstić information content (AvgIpc) is 2.39. The Bertz CT molecular complexity index is 427. The highest BCUT2D eigenvalue weighted by atomic mass is 15.2. The van der Waals surface area contributed by atoms with Crippen molar-refractivity contribution in [2.75, 3.05) is 0 Å². The Labute approximate surface area is 71.8 Å². The number of fused-ring (bicyclic) bond motifs is 1. The van der Waals surface area contributed by atoms with Gasteiger partial charge in [-0.25, -0.2) is 0 Å². The van der Waals surface area contributed by atoms with Gasteiger partial charge < -0.3 is 0 Å². The number of benzene rings is 1. The molecule has 1 aromatic carbocycles. The summed E-state index contributed by atoms with van der Waals surface area (Å²) in [7, 11) is 1.95. The molecule has 2 nitrogen and oxygen atoms in total. The summed E-state index contributed by atoms with van der Waals surface area (Å²) in [5.74, 6) is 0. The number of rotatable bonds is 0. The first kappa shape index (κ1) is 7.35. The molecule has 0 unspecified atom stereocenters. The average molecular weight is 160 g/mol. The van der Waals surface area contributed by atoms with Gasteiger partial charge in [0, 0.05) is 18.6 Å². The van der Waals surface area contributed by atoms with E-state index in [0.29, 0.717) is 0 Å². The van der Waals surface area contributed by atoms with E-state index in [4.69, 9.17) is 0 Å². The number of nitrogens with zero attached hydrogens (tertiary/aromatic N) is 2. The standard InChI is InChI=1S/C10H12N2/c1-7-4-5-9-6-12(3)11-10(9)8(7)2/h4-6H,1-3H3. The van der Waals surface area contributed by atoms with Crippen molar-refractivity contribution in [3.05, 3.63) is 29.5 Å². The van der Waals surface area contributed by atoms with Crippen LogP contribution in [0.3, 0.4) is 0 Å². The molecule has 0 saturated heterocycles. The molecule has 2 heteroatoms. The van der Waals surface area contributed by atoms with E-state index < -0.39 is 0 Å². The molecule has 0 amide bonds. The van der Waals surface area contributed by atoms with Crippen LogP contribution in [0.5, 0.6) is 0 Å². The van der Waals surface area contributed by atoms with Crippen molar-refractivity contribution in [1.29, 1.82) is 0 Å². The zero-order valence-corrected chi connectivity index (χ0v) is 7.63. The minimum absolute atomic E-state index is 1.12. The Kier molecular flexibility index (Phi) is 1.43. The lowest BCUT2D eigenvalue weighted by atomic mass is 10.1. The Morgan fingerprint density at radius 2 is 2.00 bits per heavy atom. The lowest BCUT2D eigenvalue weighted by molar-refractivity contribution is 0.779. The monoisotopic (exact) mass is 160 g/mol. The summed E-state index contributed by atoms with van der Waals surface area (Å²) in [4.78, 5) is 0. The summed E-state index contributed by atoms with van der Waals surface area (Å²) in [5, 5.41) is 5.61. The predicted octanol–water partition coefficient (Wildman–Crippen LogP) is 2.19. The maximum Gasteiger partial charge on any atom is 0.0954 e. The first-order valence-electron chi connectivity index (χ1n) is 4.08. The summed E-state index contributed by atoms with van der Waals surface area (Å²) in [6.45, 7) is 4.23. The van der Waals surface area contributed by atoms with Crippen LogP contribution in [-0.2, 0) is 7.05 Å². The molecule has 1 heterocycles. The van der Waals surface area contributed by atoms with E-state index in [1.165, 1.54) is 16.5 Å². The fourth-order valence-corrected chi connectivity index (χ4v) is 1.45. The number of hydrogen-bond donors (Lipinski definition) is 0. The molecular weight excluding hydrogens is 148 g/mol. The van der Waals surface area contributed by atoms with Crippen LogP contribution in [0.15, 0.2) is 18.3 Å². The molecule has 0 fully saturated rings. The van der Waals surface area contributed by atoms with Crippen LogP contribution >= 0.6 is 0 Å². The highest BCUT2D eigenvalue weighted by molar-refractivity contribution is 5.82. The van der Waals surface area contributed by atoms with Crippen LogP contribution in [0.2, 0.25) is 0 Å². The van der Waals surface area contributed by atoms with E-state index >= 15 is 0 Å². The van der Waals surface area contributed by atoms with E-state index in [0.717, 1.165) is 5.52 Å². The van der Waals surface area contributed by atoms with Gasteiger partial charge in [0.1, 0.15) is 0 Å². The summed E-state index contributed by atoms with van der Waals surface area (Å²) in [5.41, 5.74) is 3.71. The van der Waals surface area contributed by atoms with Gasteiger partial charge in [0.25, 0.3) is 0 Å². The van der Waals surface area contributed by atoms with Crippen LogP contribution in [-0.4, -0.2) is 9.78 Å². The summed E-state index contributed by atoms with van der Waals surface area (Å²) >= 11 is 0. The molecule has 2 rings (SSSR count). The zero-order chi connectivity index (χ0) is 8.72. The number of aryl methyl sites for hydroxylation is 3. The van der Waals surface area contributed by atoms with Crippen molar-refractivity contribution in [2.24, 2.45) is 7.05 Å². The second-order valence-electron chi connectivity index (χ2n) is 3.25. The highest BCUT2D eigenvalue weighted by Crippen LogP contribution is 2.18.